The van der Waals surface area contributed by atoms with Gasteiger partial charge in [0.2, 0.25) is 0 Å². The highest BCUT2D eigenvalue weighted by atomic mass is 19.1. The van der Waals surface area contributed by atoms with Crippen LogP contribution in [-0.4, -0.2) is 34.1 Å². The number of rotatable bonds is 5. The Bertz CT molecular complexity index is 423. The molecule has 0 aliphatic carbocycles. The van der Waals surface area contributed by atoms with E-state index >= 15 is 0 Å². The molecule has 0 aromatic carbocycles. The quantitative estimate of drug-likeness (QED) is 0.902. The highest BCUT2D eigenvalue weighted by Crippen LogP contribution is 2.25. The van der Waals surface area contributed by atoms with E-state index < -0.39 is 6.10 Å². The zero-order valence-electron chi connectivity index (χ0n) is 13.1. The minimum Gasteiger partial charge on any atom is -0.386 e. The first-order valence-electron chi connectivity index (χ1n) is 8.15. The third kappa shape index (κ3) is 4.48. The standard InChI is InChI=1S/C17H27FN2O/c1-3-15-7-5-4-6-10-20(15)12-13(2)17(21)16-9-8-14(18)11-19-16/h8-9,11,13,15,17,21H,3-7,10,12H2,1-2H3. The lowest BCUT2D eigenvalue weighted by atomic mass is 9.99. The normalized spacial score (nSPS) is 23.5. The number of hydrogen-bond acceptors (Lipinski definition) is 3. The van der Waals surface area contributed by atoms with Crippen molar-refractivity contribution in [3.63, 3.8) is 0 Å². The van der Waals surface area contributed by atoms with Crippen LogP contribution in [0.5, 0.6) is 0 Å². The molecule has 2 heterocycles. The second-order valence-electron chi connectivity index (χ2n) is 6.23. The number of pyridine rings is 1. The molecule has 0 bridgehead atoms. The van der Waals surface area contributed by atoms with Gasteiger partial charge in [0.15, 0.2) is 0 Å². The van der Waals surface area contributed by atoms with Crippen molar-refractivity contribution in [2.24, 2.45) is 5.92 Å². The Kier molecular flexibility index (Phi) is 6.12. The average Bonchev–Trinajstić information content (AvgIpc) is 2.72. The Labute approximate surface area is 127 Å². The fourth-order valence-electron chi connectivity index (χ4n) is 3.26. The summed E-state index contributed by atoms with van der Waals surface area (Å²) in [7, 11) is 0. The number of nitrogens with zero attached hydrogens (tertiary/aromatic N) is 2. The van der Waals surface area contributed by atoms with E-state index in [9.17, 15) is 9.50 Å². The highest BCUT2D eigenvalue weighted by Gasteiger charge is 2.25. The molecule has 1 aliphatic heterocycles. The number of aliphatic hydroxyl groups is 1. The summed E-state index contributed by atoms with van der Waals surface area (Å²) in [4.78, 5) is 6.52. The summed E-state index contributed by atoms with van der Waals surface area (Å²) in [5.74, 6) is -0.271. The molecule has 1 N–H and O–H groups in total. The van der Waals surface area contributed by atoms with Gasteiger partial charge in [-0.2, -0.15) is 0 Å². The zero-order chi connectivity index (χ0) is 15.2. The van der Waals surface area contributed by atoms with Gasteiger partial charge in [0.1, 0.15) is 5.82 Å². The van der Waals surface area contributed by atoms with Gasteiger partial charge in [0.25, 0.3) is 0 Å². The van der Waals surface area contributed by atoms with Crippen LogP contribution < -0.4 is 0 Å². The molecule has 21 heavy (non-hydrogen) atoms. The molecular weight excluding hydrogens is 267 g/mol. The third-order valence-electron chi connectivity index (χ3n) is 4.59. The van der Waals surface area contributed by atoms with Crippen LogP contribution in [0.1, 0.15) is 57.7 Å². The average molecular weight is 294 g/mol. The molecule has 0 spiro atoms. The van der Waals surface area contributed by atoms with Crippen molar-refractivity contribution in [3.05, 3.63) is 29.8 Å². The van der Waals surface area contributed by atoms with Gasteiger partial charge in [-0.3, -0.25) is 4.98 Å². The van der Waals surface area contributed by atoms with Crippen molar-refractivity contribution in [2.75, 3.05) is 13.1 Å². The molecule has 1 saturated heterocycles. The lowest BCUT2D eigenvalue weighted by Gasteiger charge is -2.33. The maximum Gasteiger partial charge on any atom is 0.141 e. The Morgan fingerprint density at radius 1 is 1.38 bits per heavy atom. The largest absolute Gasteiger partial charge is 0.386 e. The number of likely N-dealkylation sites (tertiary alicyclic amines) is 1. The van der Waals surface area contributed by atoms with E-state index in [1.165, 1.54) is 37.9 Å². The summed E-state index contributed by atoms with van der Waals surface area (Å²) >= 11 is 0. The van der Waals surface area contributed by atoms with Crippen molar-refractivity contribution in [3.8, 4) is 0 Å². The Morgan fingerprint density at radius 3 is 2.86 bits per heavy atom. The zero-order valence-corrected chi connectivity index (χ0v) is 13.1. The highest BCUT2D eigenvalue weighted by molar-refractivity contribution is 5.09. The van der Waals surface area contributed by atoms with Crippen LogP contribution in [0.15, 0.2) is 18.3 Å². The van der Waals surface area contributed by atoms with E-state index in [2.05, 4.69) is 16.8 Å². The molecule has 3 nitrogen and oxygen atoms in total. The van der Waals surface area contributed by atoms with E-state index in [1.807, 2.05) is 6.92 Å². The fourth-order valence-corrected chi connectivity index (χ4v) is 3.26. The van der Waals surface area contributed by atoms with Gasteiger partial charge < -0.3 is 10.0 Å². The van der Waals surface area contributed by atoms with Crippen LogP contribution in [-0.2, 0) is 0 Å². The molecule has 0 saturated carbocycles. The SMILES string of the molecule is CCC1CCCCCN1CC(C)C(O)c1ccc(F)cn1. The van der Waals surface area contributed by atoms with Gasteiger partial charge >= 0.3 is 0 Å². The van der Waals surface area contributed by atoms with Gasteiger partial charge in [-0.25, -0.2) is 4.39 Å². The van der Waals surface area contributed by atoms with Crippen molar-refractivity contribution < 1.29 is 9.50 Å². The third-order valence-corrected chi connectivity index (χ3v) is 4.59. The summed E-state index contributed by atoms with van der Waals surface area (Å²) < 4.78 is 12.9. The smallest absolute Gasteiger partial charge is 0.141 e. The summed E-state index contributed by atoms with van der Waals surface area (Å²) in [6.07, 6.45) is 6.83. The van der Waals surface area contributed by atoms with Crippen molar-refractivity contribution in [2.45, 2.75) is 58.1 Å². The Hall–Kier alpha value is -1.00. The van der Waals surface area contributed by atoms with E-state index in [-0.39, 0.29) is 11.7 Å². The first-order chi connectivity index (χ1) is 10.1. The maximum absolute atomic E-state index is 12.9. The topological polar surface area (TPSA) is 36.4 Å². The van der Waals surface area contributed by atoms with Gasteiger partial charge in [-0.05, 0) is 37.9 Å². The van der Waals surface area contributed by atoms with Crippen molar-refractivity contribution in [1.82, 2.24) is 9.88 Å². The van der Waals surface area contributed by atoms with Gasteiger partial charge in [-0.1, -0.05) is 26.7 Å². The van der Waals surface area contributed by atoms with Gasteiger partial charge in [0, 0.05) is 18.5 Å². The molecule has 1 aliphatic rings. The predicted molar refractivity (Wildman–Crippen MR) is 82.4 cm³/mol. The van der Waals surface area contributed by atoms with Crippen LogP contribution in [0.3, 0.4) is 0 Å². The van der Waals surface area contributed by atoms with E-state index in [0.29, 0.717) is 11.7 Å². The second kappa shape index (κ2) is 7.85. The minimum atomic E-state index is -0.633. The Morgan fingerprint density at radius 2 is 2.19 bits per heavy atom. The van der Waals surface area contributed by atoms with Crippen LogP contribution >= 0.6 is 0 Å². The summed E-state index contributed by atoms with van der Waals surface area (Å²) in [5, 5.41) is 10.4. The molecule has 2 rings (SSSR count). The van der Waals surface area contributed by atoms with Crippen LogP contribution in [0.2, 0.25) is 0 Å². The molecule has 0 radical (unpaired) electrons. The molecule has 4 heteroatoms. The molecule has 1 aromatic heterocycles. The first kappa shape index (κ1) is 16.4. The summed E-state index contributed by atoms with van der Waals surface area (Å²) in [6, 6.07) is 3.57. The van der Waals surface area contributed by atoms with Crippen molar-refractivity contribution >= 4 is 0 Å². The lowest BCUT2D eigenvalue weighted by molar-refractivity contribution is 0.0701. The molecule has 3 atom stereocenters. The fraction of sp³-hybridized carbons (Fsp3) is 0.706. The first-order valence-corrected chi connectivity index (χ1v) is 8.15. The van der Waals surface area contributed by atoms with Crippen molar-refractivity contribution in [1.29, 1.82) is 0 Å². The van der Waals surface area contributed by atoms with Crippen LogP contribution in [0, 0.1) is 11.7 Å². The van der Waals surface area contributed by atoms with E-state index in [1.54, 1.807) is 6.07 Å². The minimum absolute atomic E-state index is 0.0927. The molecule has 3 unspecified atom stereocenters. The lowest BCUT2D eigenvalue weighted by Crippen LogP contribution is -2.39. The van der Waals surface area contributed by atoms with E-state index in [0.717, 1.165) is 19.5 Å². The van der Waals surface area contributed by atoms with Gasteiger partial charge in [-0.15, -0.1) is 0 Å². The van der Waals surface area contributed by atoms with Gasteiger partial charge in [0.05, 0.1) is 18.0 Å². The molecule has 0 amide bonds. The Balaban J connectivity index is 1.98. The van der Waals surface area contributed by atoms with Crippen LogP contribution in [0.25, 0.3) is 0 Å². The number of aromatic nitrogens is 1. The number of aliphatic hydroxyl groups excluding tert-OH is 1. The monoisotopic (exact) mass is 294 g/mol. The maximum atomic E-state index is 12.9. The molecule has 1 aromatic rings. The number of hydrogen-bond donors (Lipinski definition) is 1. The number of halogens is 1. The molecule has 1 fully saturated rings. The second-order valence-corrected chi connectivity index (χ2v) is 6.23. The summed E-state index contributed by atoms with van der Waals surface area (Å²) in [6.45, 7) is 6.28. The molecular formula is C17H27FN2O. The van der Waals surface area contributed by atoms with E-state index in [4.69, 9.17) is 0 Å². The predicted octanol–water partition coefficient (Wildman–Crippen LogP) is 3.54. The van der Waals surface area contributed by atoms with Crippen LogP contribution in [0.4, 0.5) is 4.39 Å². The molecule has 118 valence electrons. The summed E-state index contributed by atoms with van der Waals surface area (Å²) in [5.41, 5.74) is 0.562.